The summed E-state index contributed by atoms with van der Waals surface area (Å²) < 4.78 is 70.7. The van der Waals surface area contributed by atoms with Gasteiger partial charge in [-0.2, -0.15) is 16.8 Å². The van der Waals surface area contributed by atoms with Gasteiger partial charge in [-0.05, 0) is 30.0 Å². The fourth-order valence-electron chi connectivity index (χ4n) is 5.49. The fraction of sp³-hybridized carbons (Fsp3) is 0.581. The Labute approximate surface area is 246 Å². The molecule has 3 rings (SSSR count). The fourth-order valence-corrected chi connectivity index (χ4v) is 7.10. The molecule has 0 aliphatic rings. The van der Waals surface area contributed by atoms with Crippen LogP contribution in [0, 0.1) is 0 Å². The molecule has 0 radical (unpaired) electrons. The van der Waals surface area contributed by atoms with E-state index in [0.29, 0.717) is 17.5 Å². The summed E-state index contributed by atoms with van der Waals surface area (Å²) >= 11 is 0. The van der Waals surface area contributed by atoms with E-state index in [4.69, 9.17) is 0 Å². The maximum Gasteiger partial charge on any atom is 0.328 e. The average molecular weight is 607 g/mol. The third-order valence-corrected chi connectivity index (χ3v) is 9.38. The highest BCUT2D eigenvalue weighted by atomic mass is 32.2. The molecule has 0 unspecified atom stereocenters. The van der Waals surface area contributed by atoms with E-state index in [1.54, 1.807) is 42.5 Å². The van der Waals surface area contributed by atoms with Crippen molar-refractivity contribution in [1.29, 1.82) is 0 Å². The Hall–Kier alpha value is -2.27. The van der Waals surface area contributed by atoms with Gasteiger partial charge in [-0.15, -0.1) is 0 Å². The van der Waals surface area contributed by atoms with Crippen LogP contribution in [0.3, 0.4) is 0 Å². The van der Waals surface area contributed by atoms with Gasteiger partial charge in [-0.3, -0.25) is 9.11 Å². The monoisotopic (exact) mass is 606 g/mol. The second kappa shape index (κ2) is 16.4. The van der Waals surface area contributed by atoms with Gasteiger partial charge in [0, 0.05) is 0 Å². The Morgan fingerprint density at radius 3 is 1.66 bits per heavy atom. The first-order chi connectivity index (χ1) is 19.6. The van der Waals surface area contributed by atoms with Gasteiger partial charge < -0.3 is 4.57 Å². The van der Waals surface area contributed by atoms with Crippen LogP contribution in [-0.4, -0.2) is 35.5 Å². The molecule has 10 heteroatoms. The van der Waals surface area contributed by atoms with Gasteiger partial charge in [0.25, 0.3) is 15.3 Å². The Balaban J connectivity index is 1.58. The third kappa shape index (κ3) is 10.5. The molecule has 0 saturated carbocycles. The summed E-state index contributed by atoms with van der Waals surface area (Å²) in [6.07, 6.45) is 18.8. The normalized spacial score (nSPS) is 12.4. The number of imidazole rings is 1. The molecule has 0 amide bonds. The van der Waals surface area contributed by atoms with Gasteiger partial charge in [0.15, 0.2) is 0 Å². The number of rotatable bonds is 20. The van der Waals surface area contributed by atoms with Gasteiger partial charge in [0.05, 0.1) is 17.6 Å². The maximum absolute atomic E-state index is 12.6. The number of hydrogen-bond acceptors (Lipinski definition) is 5. The van der Waals surface area contributed by atoms with E-state index in [2.05, 4.69) is 11.9 Å². The van der Waals surface area contributed by atoms with E-state index in [-0.39, 0.29) is 22.5 Å². The summed E-state index contributed by atoms with van der Waals surface area (Å²) in [5.74, 6) is 0. The molecule has 228 valence electrons. The van der Waals surface area contributed by atoms with Crippen LogP contribution in [-0.2, 0) is 33.2 Å². The molecule has 1 aromatic heterocycles. The molecule has 0 fully saturated rings. The summed E-state index contributed by atoms with van der Waals surface area (Å²) in [6.45, 7) is 2.20. The number of hydrogen-bond donors (Lipinski definition) is 2. The van der Waals surface area contributed by atoms with Crippen molar-refractivity contribution in [2.24, 2.45) is 0 Å². The highest BCUT2D eigenvalue weighted by molar-refractivity contribution is 7.86. The minimum atomic E-state index is -4.76. The van der Waals surface area contributed by atoms with Crippen molar-refractivity contribution < 1.29 is 25.9 Å². The number of unbranched alkanes of at least 4 members (excludes halogenated alkanes) is 14. The predicted molar refractivity (Wildman–Crippen MR) is 164 cm³/mol. The lowest BCUT2D eigenvalue weighted by Gasteiger charge is -2.13. The maximum atomic E-state index is 12.6. The molecule has 0 bridgehead atoms. The number of aryl methyl sites for hydroxylation is 1. The minimum absolute atomic E-state index is 0.0255. The smallest absolute Gasteiger partial charge is 0.307 e. The van der Waals surface area contributed by atoms with Crippen molar-refractivity contribution in [2.45, 2.75) is 126 Å². The standard InChI is InChI=1S/C31H46N2O6S2/c1-2-3-4-5-6-7-8-9-10-11-12-13-14-15-19-22-27-23-24-28-29(30(27)40(34,35)36)33(31(32-28)41(37,38)39)25-26-20-17-16-18-21-26/h16-18,20-21,23-24H,2-15,19,22,25H2,1H3,(H,34,35,36)(H,37,38,39). The van der Waals surface area contributed by atoms with Gasteiger partial charge >= 0.3 is 10.1 Å². The Kier molecular flexibility index (Phi) is 13.3. The van der Waals surface area contributed by atoms with Crippen molar-refractivity contribution in [1.82, 2.24) is 9.55 Å². The topological polar surface area (TPSA) is 127 Å². The molecule has 8 nitrogen and oxygen atoms in total. The molecular weight excluding hydrogens is 560 g/mol. The lowest BCUT2D eigenvalue weighted by atomic mass is 10.0. The largest absolute Gasteiger partial charge is 0.328 e. The third-order valence-electron chi connectivity index (χ3n) is 7.63. The highest BCUT2D eigenvalue weighted by Crippen LogP contribution is 2.31. The van der Waals surface area contributed by atoms with Crippen LogP contribution in [0.2, 0.25) is 0 Å². The SMILES string of the molecule is CCCCCCCCCCCCCCCCCc1ccc2nc(S(=O)(=O)O)n(Cc3ccccc3)c2c1S(=O)(=O)O. The molecule has 3 aromatic rings. The lowest BCUT2D eigenvalue weighted by molar-refractivity contribution is 0.465. The van der Waals surface area contributed by atoms with Gasteiger partial charge in [-0.1, -0.05) is 133 Å². The zero-order valence-electron chi connectivity index (χ0n) is 24.3. The zero-order valence-corrected chi connectivity index (χ0v) is 25.9. The molecule has 0 atom stereocenters. The van der Waals surface area contributed by atoms with Crippen LogP contribution in [0.4, 0.5) is 0 Å². The number of nitrogens with zero attached hydrogens (tertiary/aromatic N) is 2. The van der Waals surface area contributed by atoms with E-state index >= 15 is 0 Å². The first kappa shape index (κ1) is 33.2. The summed E-state index contributed by atoms with van der Waals surface area (Å²) in [6, 6.07) is 12.0. The van der Waals surface area contributed by atoms with Crippen molar-refractivity contribution in [3.05, 3.63) is 53.6 Å². The molecule has 41 heavy (non-hydrogen) atoms. The summed E-state index contributed by atoms with van der Waals surface area (Å²) in [4.78, 5) is 3.67. The second-order valence-corrected chi connectivity index (χ2v) is 13.7. The molecule has 0 spiro atoms. The molecule has 0 aliphatic carbocycles. The highest BCUT2D eigenvalue weighted by Gasteiger charge is 2.28. The second-order valence-electron chi connectivity index (χ2n) is 11.0. The van der Waals surface area contributed by atoms with E-state index < -0.39 is 25.4 Å². The Morgan fingerprint density at radius 1 is 0.659 bits per heavy atom. The zero-order chi connectivity index (χ0) is 29.7. The molecule has 2 N–H and O–H groups in total. The number of benzene rings is 2. The molecule has 0 aliphatic heterocycles. The van der Waals surface area contributed by atoms with Gasteiger partial charge in [-0.25, -0.2) is 4.98 Å². The van der Waals surface area contributed by atoms with Crippen LogP contribution < -0.4 is 0 Å². The summed E-state index contributed by atoms with van der Waals surface area (Å²) in [7, 11) is -9.47. The quantitative estimate of drug-likeness (QED) is 0.0985. The van der Waals surface area contributed by atoms with Gasteiger partial charge in [0.1, 0.15) is 4.90 Å². The van der Waals surface area contributed by atoms with Crippen LogP contribution >= 0.6 is 0 Å². The summed E-state index contributed by atoms with van der Waals surface area (Å²) in [5.41, 5.74) is 1.14. The van der Waals surface area contributed by atoms with Gasteiger partial charge in [0.2, 0.25) is 0 Å². The number of aromatic nitrogens is 2. The van der Waals surface area contributed by atoms with Crippen molar-refractivity contribution in [2.75, 3.05) is 0 Å². The van der Waals surface area contributed by atoms with E-state index in [0.717, 1.165) is 30.3 Å². The van der Waals surface area contributed by atoms with E-state index in [1.165, 1.54) is 70.6 Å². The Morgan fingerprint density at radius 2 is 1.17 bits per heavy atom. The van der Waals surface area contributed by atoms with E-state index in [9.17, 15) is 25.9 Å². The van der Waals surface area contributed by atoms with Crippen molar-refractivity contribution >= 4 is 31.3 Å². The predicted octanol–water partition coefficient (Wildman–Crippen LogP) is 7.99. The van der Waals surface area contributed by atoms with E-state index in [1.807, 2.05) is 0 Å². The van der Waals surface area contributed by atoms with Crippen LogP contribution in [0.5, 0.6) is 0 Å². The molecule has 0 saturated heterocycles. The van der Waals surface area contributed by atoms with Crippen LogP contribution in [0.25, 0.3) is 11.0 Å². The molecule has 2 aromatic carbocycles. The average Bonchev–Trinajstić information content (AvgIpc) is 3.29. The first-order valence-corrected chi connectivity index (χ1v) is 18.0. The number of fused-ring (bicyclic) bond motifs is 1. The van der Waals surface area contributed by atoms with Crippen molar-refractivity contribution in [3.63, 3.8) is 0 Å². The molecular formula is C31H46N2O6S2. The lowest BCUT2D eigenvalue weighted by Crippen LogP contribution is -2.13. The van der Waals surface area contributed by atoms with Crippen molar-refractivity contribution in [3.8, 4) is 0 Å². The minimum Gasteiger partial charge on any atom is -0.307 e. The first-order valence-electron chi connectivity index (χ1n) is 15.1. The Bertz CT molecular complexity index is 1430. The summed E-state index contributed by atoms with van der Waals surface area (Å²) in [5, 5.41) is -0.662. The van der Waals surface area contributed by atoms with Crippen LogP contribution in [0.15, 0.2) is 52.5 Å². The van der Waals surface area contributed by atoms with Crippen LogP contribution in [0.1, 0.15) is 114 Å². The molecule has 1 heterocycles.